The quantitative estimate of drug-likeness (QED) is 0.0867. The minimum Gasteiger partial charge on any atom is -0.398 e. The predicted octanol–water partition coefficient (Wildman–Crippen LogP) is 18.7. The number of carbonyl (C=O) groups is 1. The molecule has 0 unspecified atom stereocenters. The Hall–Kier alpha value is -4.39. The fourth-order valence-corrected chi connectivity index (χ4v) is 9.09. The molecule has 7 heteroatoms. The fourth-order valence-electron chi connectivity index (χ4n) is 9.09. The van der Waals surface area contributed by atoms with E-state index >= 15 is 0 Å². The molecule has 0 heterocycles. The molecule has 3 aromatic carbocycles. The third-order valence-electron chi connectivity index (χ3n) is 12.1. The van der Waals surface area contributed by atoms with Gasteiger partial charge >= 0.3 is 0 Å². The summed E-state index contributed by atoms with van der Waals surface area (Å²) in [4.78, 5) is 30.4. The first kappa shape index (κ1) is 65.6. The van der Waals surface area contributed by atoms with E-state index in [2.05, 4.69) is 157 Å². The highest BCUT2D eigenvalue weighted by molar-refractivity contribution is 5.90. The number of hydrogen-bond acceptors (Lipinski definition) is 7. The molecule has 0 bridgehead atoms. The molecular weight excluding hydrogens is 857 g/mol. The minimum atomic E-state index is 0.287. The topological polar surface area (TPSA) is 119 Å². The maximum Gasteiger partial charge on any atom is 0.130 e. The van der Waals surface area contributed by atoms with Crippen molar-refractivity contribution in [3.63, 3.8) is 0 Å². The maximum absolute atomic E-state index is 10.3. The lowest BCUT2D eigenvalue weighted by Crippen LogP contribution is -2.04. The fraction of sp³-hybridized carbons (Fsp3) is 0.635. The standard InChI is InChI=1S/2C23H38N2.C11H18N2.C6H12O/c1-10-20-14-17(7)22(24-18(8)12-15(3)4)21(11-2)23(20)25-19(9)13-16(5)6;1-10-20-14-21(11-2)23(25-18(8)13-16(5)6)19(9)22(20)24-17(7)12-15(3)4;1-4-8-6-9(5-2)11(13)7(3)10(8)12;1-5(2)4-6(3)7/h2*14-16H,10-13H2,1-9H3;6H,4-5,12-13H2,1-3H3;5H,4H2,1-3H3. The second-order valence-electron chi connectivity index (χ2n) is 21.9. The molecule has 3 rings (SSSR count). The van der Waals surface area contributed by atoms with Crippen LogP contribution in [0.25, 0.3) is 0 Å². The van der Waals surface area contributed by atoms with E-state index in [9.17, 15) is 4.79 Å². The molecule has 0 saturated carbocycles. The van der Waals surface area contributed by atoms with Gasteiger partial charge in [0.2, 0.25) is 0 Å². The first-order valence-corrected chi connectivity index (χ1v) is 27.2. The van der Waals surface area contributed by atoms with Crippen molar-refractivity contribution in [1.29, 1.82) is 0 Å². The van der Waals surface area contributed by atoms with E-state index in [-0.39, 0.29) is 5.78 Å². The largest absolute Gasteiger partial charge is 0.398 e. The Bertz CT molecular complexity index is 2100. The number of anilines is 2. The second kappa shape index (κ2) is 33.3. The average molecular weight is 964 g/mol. The van der Waals surface area contributed by atoms with Crippen LogP contribution in [0.1, 0.15) is 228 Å². The first-order chi connectivity index (χ1) is 32.6. The summed E-state index contributed by atoms with van der Waals surface area (Å²) in [5, 5.41) is 0. The molecule has 0 aliphatic heterocycles. The smallest absolute Gasteiger partial charge is 0.130 e. The number of hydrogen-bond donors (Lipinski definition) is 2. The van der Waals surface area contributed by atoms with Crippen LogP contribution >= 0.6 is 0 Å². The Kier molecular flexibility index (Phi) is 31.2. The molecule has 0 aromatic heterocycles. The van der Waals surface area contributed by atoms with Crippen molar-refractivity contribution in [3.05, 3.63) is 68.3 Å². The molecule has 0 amide bonds. The molecule has 0 fully saturated rings. The monoisotopic (exact) mass is 963 g/mol. The molecule has 0 aliphatic rings. The lowest BCUT2D eigenvalue weighted by molar-refractivity contribution is -0.117. The Labute approximate surface area is 431 Å². The number of carbonyl (C=O) groups excluding carboxylic acids is 1. The average Bonchev–Trinajstić information content (AvgIpc) is 3.24. The highest BCUT2D eigenvalue weighted by Crippen LogP contribution is 2.39. The normalized spacial score (nSPS) is 12.4. The van der Waals surface area contributed by atoms with Crippen LogP contribution in [0.15, 0.2) is 38.2 Å². The summed E-state index contributed by atoms with van der Waals surface area (Å²) in [5.41, 5.74) is 34.4. The summed E-state index contributed by atoms with van der Waals surface area (Å²) >= 11 is 0. The second-order valence-corrected chi connectivity index (χ2v) is 21.9. The van der Waals surface area contributed by atoms with E-state index in [4.69, 9.17) is 31.4 Å². The zero-order chi connectivity index (χ0) is 54.2. The molecule has 0 atom stereocenters. The first-order valence-electron chi connectivity index (χ1n) is 27.2. The van der Waals surface area contributed by atoms with Gasteiger partial charge in [-0.25, -0.2) is 0 Å². The van der Waals surface area contributed by atoms with Crippen molar-refractivity contribution >= 4 is 62.8 Å². The molecule has 394 valence electrons. The summed E-state index contributed by atoms with van der Waals surface area (Å²) < 4.78 is 0. The van der Waals surface area contributed by atoms with Crippen molar-refractivity contribution in [2.45, 2.75) is 237 Å². The third-order valence-corrected chi connectivity index (χ3v) is 12.1. The van der Waals surface area contributed by atoms with Crippen molar-refractivity contribution in [3.8, 4) is 0 Å². The van der Waals surface area contributed by atoms with Crippen LogP contribution in [0.2, 0.25) is 0 Å². The van der Waals surface area contributed by atoms with E-state index in [0.717, 1.165) is 105 Å². The van der Waals surface area contributed by atoms with Crippen molar-refractivity contribution in [2.75, 3.05) is 11.5 Å². The van der Waals surface area contributed by atoms with Gasteiger partial charge in [0.15, 0.2) is 0 Å². The zero-order valence-corrected chi connectivity index (χ0v) is 49.7. The molecule has 3 aromatic rings. The summed E-state index contributed by atoms with van der Waals surface area (Å²) in [6.07, 6.45) is 10.8. The lowest BCUT2D eigenvalue weighted by Gasteiger charge is -2.17. The number of nitrogen functional groups attached to an aromatic ring is 2. The van der Waals surface area contributed by atoms with Crippen LogP contribution in [-0.4, -0.2) is 28.6 Å². The van der Waals surface area contributed by atoms with Gasteiger partial charge in [-0.05, 0) is 188 Å². The molecule has 0 spiro atoms. The van der Waals surface area contributed by atoms with Crippen LogP contribution in [-0.2, 0) is 43.3 Å². The van der Waals surface area contributed by atoms with Gasteiger partial charge in [0.25, 0.3) is 0 Å². The van der Waals surface area contributed by atoms with Crippen molar-refractivity contribution in [1.82, 2.24) is 0 Å². The summed E-state index contributed by atoms with van der Waals surface area (Å²) in [6.45, 7) is 51.8. The highest BCUT2D eigenvalue weighted by atomic mass is 16.1. The van der Waals surface area contributed by atoms with Crippen LogP contribution in [0, 0.1) is 50.4 Å². The minimum absolute atomic E-state index is 0.287. The van der Waals surface area contributed by atoms with Gasteiger partial charge in [-0.1, -0.05) is 129 Å². The van der Waals surface area contributed by atoms with Gasteiger partial charge in [-0.3, -0.25) is 20.0 Å². The van der Waals surface area contributed by atoms with Gasteiger partial charge in [0, 0.05) is 51.8 Å². The van der Waals surface area contributed by atoms with Crippen LogP contribution in [0.3, 0.4) is 0 Å². The Morgan fingerprint density at radius 3 is 0.957 bits per heavy atom. The number of rotatable bonds is 20. The molecule has 0 radical (unpaired) electrons. The van der Waals surface area contributed by atoms with Crippen LogP contribution in [0.4, 0.5) is 34.1 Å². The van der Waals surface area contributed by atoms with E-state index in [0.29, 0.717) is 29.6 Å². The van der Waals surface area contributed by atoms with Gasteiger partial charge < -0.3 is 16.3 Å². The number of aryl methyl sites for hydroxylation is 6. The predicted molar refractivity (Wildman–Crippen MR) is 318 cm³/mol. The Morgan fingerprint density at radius 1 is 0.400 bits per heavy atom. The van der Waals surface area contributed by atoms with Crippen LogP contribution < -0.4 is 11.5 Å². The van der Waals surface area contributed by atoms with Crippen molar-refractivity contribution < 1.29 is 4.79 Å². The van der Waals surface area contributed by atoms with E-state index < -0.39 is 0 Å². The third kappa shape index (κ3) is 23.2. The van der Waals surface area contributed by atoms with Gasteiger partial charge in [-0.15, -0.1) is 0 Å². The Balaban J connectivity index is 0.000000990. The number of Topliss-reactive ketones (excluding diaryl/α,β-unsaturated/α-hetero) is 1. The number of ketones is 1. The zero-order valence-electron chi connectivity index (χ0n) is 49.7. The molecule has 70 heavy (non-hydrogen) atoms. The van der Waals surface area contributed by atoms with E-state index in [1.54, 1.807) is 6.92 Å². The number of benzene rings is 3. The molecule has 0 aliphatic carbocycles. The molecular formula is C63H106N6O. The summed E-state index contributed by atoms with van der Waals surface area (Å²) in [5.74, 6) is 3.35. The Morgan fingerprint density at radius 2 is 0.686 bits per heavy atom. The van der Waals surface area contributed by atoms with Gasteiger partial charge in [0.1, 0.15) is 5.78 Å². The van der Waals surface area contributed by atoms with Gasteiger partial charge in [0.05, 0.1) is 22.7 Å². The highest BCUT2D eigenvalue weighted by Gasteiger charge is 2.17. The maximum atomic E-state index is 10.3. The van der Waals surface area contributed by atoms with Crippen molar-refractivity contribution in [2.24, 2.45) is 49.6 Å². The summed E-state index contributed by atoms with van der Waals surface area (Å²) in [7, 11) is 0. The number of aliphatic imine (C=N–C) groups is 4. The number of nitrogens with zero attached hydrogens (tertiary/aromatic N) is 4. The molecule has 7 nitrogen and oxygen atoms in total. The number of nitrogens with two attached hydrogens (primary N) is 2. The van der Waals surface area contributed by atoms with E-state index in [1.807, 2.05) is 20.8 Å². The SMILES string of the molecule is CC(=O)CC(C)C.CCc1cc(C)c(N=C(C)CC(C)C)c(CC)c1N=C(C)CC(C)C.CCc1cc(CC)c(N)c(C)c1N.CCc1cc(CC)c(N=C(C)CC(C)C)c(C)c1N=C(C)CC(C)C. The molecule has 4 N–H and O–H groups in total. The van der Waals surface area contributed by atoms with Crippen LogP contribution in [0.5, 0.6) is 0 Å². The summed E-state index contributed by atoms with van der Waals surface area (Å²) in [6, 6.07) is 6.75. The van der Waals surface area contributed by atoms with E-state index in [1.165, 1.54) is 73.0 Å². The lowest BCUT2D eigenvalue weighted by atomic mass is 9.96. The van der Waals surface area contributed by atoms with Gasteiger partial charge in [-0.2, -0.15) is 0 Å². The molecule has 0 saturated heterocycles.